The van der Waals surface area contributed by atoms with Crippen molar-refractivity contribution in [2.75, 3.05) is 44.7 Å². The molecule has 2 atom stereocenters. The van der Waals surface area contributed by atoms with Gasteiger partial charge in [-0.05, 0) is 30.3 Å². The maximum absolute atomic E-state index is 14.4. The second-order valence-electron chi connectivity index (χ2n) is 10.9. The number of benzene rings is 2. The van der Waals surface area contributed by atoms with Crippen molar-refractivity contribution in [1.82, 2.24) is 24.7 Å². The van der Waals surface area contributed by atoms with E-state index < -0.39 is 35.2 Å². The molecule has 0 saturated carbocycles. The van der Waals surface area contributed by atoms with E-state index in [9.17, 15) is 23.2 Å². The summed E-state index contributed by atoms with van der Waals surface area (Å²) in [6, 6.07) is 6.01. The smallest absolute Gasteiger partial charge is 0.338 e. The number of imidazole rings is 1. The molecule has 0 spiro atoms. The Balaban J connectivity index is 1.30. The maximum atomic E-state index is 14.4. The first-order chi connectivity index (χ1) is 21.5. The number of aromatic nitrogens is 2. The normalized spacial score (nSPS) is 20.2. The first-order valence-corrected chi connectivity index (χ1v) is 14.4. The van der Waals surface area contributed by atoms with Gasteiger partial charge in [-0.2, -0.15) is 0 Å². The van der Waals surface area contributed by atoms with Gasteiger partial charge < -0.3 is 24.6 Å². The molecule has 3 aliphatic heterocycles. The Hall–Kier alpha value is -4.82. The number of carboxylic acids is 1. The molecule has 15 heteroatoms. The van der Waals surface area contributed by atoms with Gasteiger partial charge in [0, 0.05) is 74.1 Å². The average Bonchev–Trinajstić information content (AvgIpc) is 3.58. The van der Waals surface area contributed by atoms with E-state index in [2.05, 4.69) is 15.2 Å². The van der Waals surface area contributed by atoms with E-state index in [1.54, 1.807) is 28.9 Å². The number of carboxylic acid groups (broad SMARTS) is 1. The van der Waals surface area contributed by atoms with Gasteiger partial charge in [0.15, 0.2) is 11.7 Å². The first kappa shape index (κ1) is 30.2. The zero-order valence-corrected chi connectivity index (χ0v) is 25.0. The number of amides is 2. The van der Waals surface area contributed by atoms with Crippen LogP contribution in [-0.4, -0.2) is 94.1 Å². The third-order valence-electron chi connectivity index (χ3n) is 8.13. The molecule has 12 nitrogen and oxygen atoms in total. The number of carbonyl (C=O) groups is 3. The van der Waals surface area contributed by atoms with Crippen LogP contribution in [0.3, 0.4) is 0 Å². The summed E-state index contributed by atoms with van der Waals surface area (Å²) in [4.78, 5) is 52.2. The van der Waals surface area contributed by atoms with Gasteiger partial charge in [-0.1, -0.05) is 17.7 Å². The van der Waals surface area contributed by atoms with Gasteiger partial charge in [-0.15, -0.1) is 0 Å². The molecule has 234 valence electrons. The highest BCUT2D eigenvalue weighted by Gasteiger charge is 2.42. The van der Waals surface area contributed by atoms with E-state index in [1.165, 1.54) is 30.2 Å². The van der Waals surface area contributed by atoms with Crippen LogP contribution < -0.4 is 10.2 Å². The van der Waals surface area contributed by atoms with Crippen molar-refractivity contribution in [3.63, 3.8) is 0 Å². The summed E-state index contributed by atoms with van der Waals surface area (Å²) in [5.41, 5.74) is 0.888. The van der Waals surface area contributed by atoms with Crippen molar-refractivity contribution in [3.05, 3.63) is 93.7 Å². The highest BCUT2D eigenvalue weighted by molar-refractivity contribution is 6.31. The third kappa shape index (κ3) is 5.62. The summed E-state index contributed by atoms with van der Waals surface area (Å²) in [6.07, 6.45) is 3.36. The SMILES string of the molecule is COC(=O)C1=C(CN2CCN3C(=O)N(c4ccc(C(=O)O)c(F)c4)C[C@@H]3C2)NC(c2nccn2C)=N[C@H]1c1ccc(F)cc1Cl. The van der Waals surface area contributed by atoms with Crippen molar-refractivity contribution >= 4 is 41.1 Å². The number of ether oxygens (including phenoxy) is 1. The van der Waals surface area contributed by atoms with Crippen LogP contribution in [-0.2, 0) is 16.6 Å². The number of amidine groups is 1. The van der Waals surface area contributed by atoms with Crippen molar-refractivity contribution in [3.8, 4) is 0 Å². The topological polar surface area (TPSA) is 133 Å². The van der Waals surface area contributed by atoms with Gasteiger partial charge in [0.05, 0.1) is 24.3 Å². The molecular formula is C30H28ClF2N7O5. The Bertz CT molecular complexity index is 1780. The number of aliphatic imine (C=N–C) groups is 1. The summed E-state index contributed by atoms with van der Waals surface area (Å²) >= 11 is 6.46. The van der Waals surface area contributed by atoms with E-state index >= 15 is 0 Å². The summed E-state index contributed by atoms with van der Waals surface area (Å²) < 4.78 is 35.3. The highest BCUT2D eigenvalue weighted by atomic mass is 35.5. The molecule has 0 bridgehead atoms. The second kappa shape index (κ2) is 11.9. The Kier molecular flexibility index (Phi) is 8.01. The number of rotatable bonds is 7. The van der Waals surface area contributed by atoms with Crippen LogP contribution in [0.15, 0.2) is 65.1 Å². The van der Waals surface area contributed by atoms with E-state index in [0.717, 1.165) is 18.2 Å². The molecule has 45 heavy (non-hydrogen) atoms. The highest BCUT2D eigenvalue weighted by Crippen LogP contribution is 2.37. The van der Waals surface area contributed by atoms with Gasteiger partial charge in [0.2, 0.25) is 0 Å². The maximum Gasteiger partial charge on any atom is 0.338 e. The van der Waals surface area contributed by atoms with Gasteiger partial charge in [-0.25, -0.2) is 28.1 Å². The predicted octanol–water partition coefficient (Wildman–Crippen LogP) is 3.19. The predicted molar refractivity (Wildman–Crippen MR) is 159 cm³/mol. The molecule has 0 radical (unpaired) electrons. The number of methoxy groups -OCH3 is 1. The number of nitrogens with one attached hydrogen (secondary N) is 1. The second-order valence-corrected chi connectivity index (χ2v) is 11.3. The lowest BCUT2D eigenvalue weighted by atomic mass is 9.95. The molecule has 2 N–H and O–H groups in total. The third-order valence-corrected chi connectivity index (χ3v) is 8.46. The van der Waals surface area contributed by atoms with Crippen LogP contribution in [0.1, 0.15) is 27.8 Å². The zero-order valence-electron chi connectivity index (χ0n) is 24.2. The molecule has 3 aliphatic rings. The van der Waals surface area contributed by atoms with Crippen molar-refractivity contribution < 1.29 is 33.0 Å². The number of urea groups is 1. The molecule has 4 heterocycles. The van der Waals surface area contributed by atoms with Gasteiger partial charge in [0.1, 0.15) is 17.7 Å². The molecule has 6 rings (SSSR count). The van der Waals surface area contributed by atoms with Crippen LogP contribution in [0.4, 0.5) is 19.3 Å². The first-order valence-electron chi connectivity index (χ1n) is 14.0. The lowest BCUT2D eigenvalue weighted by Gasteiger charge is -2.38. The Morgan fingerprint density at radius 1 is 1.16 bits per heavy atom. The van der Waals surface area contributed by atoms with Crippen LogP contribution in [0.2, 0.25) is 5.02 Å². The summed E-state index contributed by atoms with van der Waals surface area (Å²) in [7, 11) is 3.06. The fourth-order valence-electron chi connectivity index (χ4n) is 5.93. The molecule has 2 saturated heterocycles. The largest absolute Gasteiger partial charge is 0.478 e. The van der Waals surface area contributed by atoms with Gasteiger partial charge in [-0.3, -0.25) is 14.8 Å². The number of fused-ring (bicyclic) bond motifs is 1. The quantitative estimate of drug-likeness (QED) is 0.377. The molecule has 1 aromatic heterocycles. The van der Waals surface area contributed by atoms with Crippen LogP contribution in [0, 0.1) is 11.6 Å². The number of nitrogens with zero attached hydrogens (tertiary/aromatic N) is 6. The average molecular weight is 640 g/mol. The van der Waals surface area contributed by atoms with Crippen molar-refractivity contribution in [2.24, 2.45) is 12.0 Å². The molecule has 2 aromatic carbocycles. The van der Waals surface area contributed by atoms with Crippen molar-refractivity contribution in [1.29, 1.82) is 0 Å². The van der Waals surface area contributed by atoms with Crippen LogP contribution in [0.25, 0.3) is 0 Å². The number of aryl methyl sites for hydroxylation is 1. The van der Waals surface area contributed by atoms with E-state index in [-0.39, 0.29) is 41.4 Å². The van der Waals surface area contributed by atoms with Gasteiger partial charge >= 0.3 is 18.0 Å². The number of hydrogen-bond acceptors (Lipinski definition) is 8. The summed E-state index contributed by atoms with van der Waals surface area (Å²) in [5, 5.41) is 12.5. The molecule has 0 aliphatic carbocycles. The lowest BCUT2D eigenvalue weighted by molar-refractivity contribution is -0.136. The number of halogens is 3. The van der Waals surface area contributed by atoms with E-state index in [1.807, 2.05) is 0 Å². The number of esters is 1. The zero-order chi connectivity index (χ0) is 32.0. The monoisotopic (exact) mass is 639 g/mol. The Labute approximate surface area is 261 Å². The van der Waals surface area contributed by atoms with Crippen LogP contribution in [0.5, 0.6) is 0 Å². The number of aromatic carboxylic acids is 1. The molecule has 2 amide bonds. The minimum absolute atomic E-state index is 0.0941. The minimum atomic E-state index is -1.39. The van der Waals surface area contributed by atoms with Gasteiger partial charge in [0.25, 0.3) is 0 Å². The molecule has 3 aromatic rings. The van der Waals surface area contributed by atoms with E-state index in [4.69, 9.17) is 26.4 Å². The van der Waals surface area contributed by atoms with Crippen molar-refractivity contribution in [2.45, 2.75) is 12.1 Å². The van der Waals surface area contributed by atoms with E-state index in [0.29, 0.717) is 42.6 Å². The lowest BCUT2D eigenvalue weighted by Crippen LogP contribution is -2.53. The minimum Gasteiger partial charge on any atom is -0.478 e. The number of anilines is 1. The molecular weight excluding hydrogens is 612 g/mol. The molecule has 2 fully saturated rings. The molecule has 0 unspecified atom stereocenters. The Morgan fingerprint density at radius 3 is 2.62 bits per heavy atom. The van der Waals surface area contributed by atoms with Crippen LogP contribution >= 0.6 is 11.6 Å². The summed E-state index contributed by atoms with van der Waals surface area (Å²) in [6.45, 7) is 1.74. The fraction of sp³-hybridized carbons (Fsp3) is 0.300. The standard InChI is InChI=1S/C30H28ClF2N7O5/c1-37-8-7-34-27(37)26-35-23(24(29(43)45-2)25(36-26)19-5-3-16(32)11-21(19)31)15-38-9-10-39-18(13-38)14-40(30(39)44)17-4-6-20(28(41)42)22(33)12-17/h3-8,11-12,18,25H,9-10,13-15H2,1-2H3,(H,35,36)(H,41,42)/t18-,25-/m0/s1. The number of carbonyl (C=O) groups excluding carboxylic acids is 2. The number of piperazine rings is 1. The summed E-state index contributed by atoms with van der Waals surface area (Å²) in [5.74, 6) is -2.61. The Morgan fingerprint density at radius 2 is 1.96 bits per heavy atom. The number of hydrogen-bond donors (Lipinski definition) is 2. The fourth-order valence-corrected chi connectivity index (χ4v) is 6.20.